The molecule has 3 rings (SSSR count). The number of rotatable bonds is 3. The van der Waals surface area contributed by atoms with E-state index in [4.69, 9.17) is 0 Å². The van der Waals surface area contributed by atoms with Crippen molar-refractivity contribution in [3.05, 3.63) is 70.5 Å². The number of nitrogens with zero attached hydrogens (tertiary/aromatic N) is 3. The second-order valence-corrected chi connectivity index (χ2v) is 6.66. The van der Waals surface area contributed by atoms with Gasteiger partial charge in [-0.05, 0) is 35.9 Å². The van der Waals surface area contributed by atoms with Crippen molar-refractivity contribution in [3.63, 3.8) is 0 Å². The molecule has 128 valence electrons. The second-order valence-electron chi connectivity index (χ2n) is 5.75. The number of amides is 2. The SMILES string of the molecule is O=C(/C=C/c1cccc(Br)c1)N1CCN(C(=O)c2cccnc2)CC1. The molecule has 0 radical (unpaired) electrons. The van der Waals surface area contributed by atoms with E-state index in [1.54, 1.807) is 46.5 Å². The van der Waals surface area contributed by atoms with E-state index >= 15 is 0 Å². The van der Waals surface area contributed by atoms with Crippen molar-refractivity contribution >= 4 is 33.8 Å². The average Bonchev–Trinajstić information content (AvgIpc) is 2.66. The van der Waals surface area contributed by atoms with Crippen LogP contribution in [-0.4, -0.2) is 52.8 Å². The Morgan fingerprint density at radius 1 is 1.04 bits per heavy atom. The molecule has 1 aliphatic rings. The summed E-state index contributed by atoms with van der Waals surface area (Å²) in [6.07, 6.45) is 6.60. The minimum absolute atomic E-state index is 0.0338. The summed E-state index contributed by atoms with van der Waals surface area (Å²) in [7, 11) is 0. The van der Waals surface area contributed by atoms with Crippen LogP contribution in [0.5, 0.6) is 0 Å². The zero-order chi connectivity index (χ0) is 17.6. The number of piperazine rings is 1. The van der Waals surface area contributed by atoms with Gasteiger partial charge in [-0.15, -0.1) is 0 Å². The molecule has 2 heterocycles. The Bertz CT molecular complexity index is 784. The van der Waals surface area contributed by atoms with Crippen molar-refractivity contribution in [2.75, 3.05) is 26.2 Å². The van der Waals surface area contributed by atoms with Crippen molar-refractivity contribution in [1.82, 2.24) is 14.8 Å². The van der Waals surface area contributed by atoms with Crippen LogP contribution in [0.4, 0.5) is 0 Å². The molecule has 1 aromatic carbocycles. The first-order valence-corrected chi connectivity index (χ1v) is 8.84. The molecule has 1 fully saturated rings. The molecule has 1 saturated heterocycles. The van der Waals surface area contributed by atoms with Gasteiger partial charge in [-0.2, -0.15) is 0 Å². The summed E-state index contributed by atoms with van der Waals surface area (Å²) < 4.78 is 0.977. The largest absolute Gasteiger partial charge is 0.336 e. The quantitative estimate of drug-likeness (QED) is 0.745. The van der Waals surface area contributed by atoms with Gasteiger partial charge in [0.25, 0.3) is 5.91 Å². The van der Waals surface area contributed by atoms with Crippen molar-refractivity contribution in [2.45, 2.75) is 0 Å². The van der Waals surface area contributed by atoms with Crippen LogP contribution in [0, 0.1) is 0 Å². The van der Waals surface area contributed by atoms with Crippen molar-refractivity contribution < 1.29 is 9.59 Å². The Morgan fingerprint density at radius 2 is 1.80 bits per heavy atom. The predicted octanol–water partition coefficient (Wildman–Crippen LogP) is 2.84. The molecule has 1 aliphatic heterocycles. The van der Waals surface area contributed by atoms with E-state index in [1.807, 2.05) is 24.3 Å². The Hall–Kier alpha value is -2.47. The first kappa shape index (κ1) is 17.4. The Morgan fingerprint density at radius 3 is 2.48 bits per heavy atom. The maximum absolute atomic E-state index is 12.4. The fourth-order valence-corrected chi connectivity index (χ4v) is 3.10. The topological polar surface area (TPSA) is 53.5 Å². The molecule has 5 nitrogen and oxygen atoms in total. The molecule has 0 unspecified atom stereocenters. The predicted molar refractivity (Wildman–Crippen MR) is 99.9 cm³/mol. The summed E-state index contributed by atoms with van der Waals surface area (Å²) in [5.74, 6) is -0.0710. The summed E-state index contributed by atoms with van der Waals surface area (Å²) in [5, 5.41) is 0. The highest BCUT2D eigenvalue weighted by Gasteiger charge is 2.23. The molecule has 2 amide bonds. The molecule has 0 saturated carbocycles. The number of hydrogen-bond acceptors (Lipinski definition) is 3. The lowest BCUT2D eigenvalue weighted by Crippen LogP contribution is -2.50. The molecular formula is C19H18BrN3O2. The van der Waals surface area contributed by atoms with Gasteiger partial charge in [0.05, 0.1) is 5.56 Å². The van der Waals surface area contributed by atoms with Gasteiger partial charge in [0.2, 0.25) is 5.91 Å². The van der Waals surface area contributed by atoms with Gasteiger partial charge in [-0.1, -0.05) is 28.1 Å². The molecule has 0 atom stereocenters. The van der Waals surface area contributed by atoms with Crippen molar-refractivity contribution in [2.24, 2.45) is 0 Å². The number of aromatic nitrogens is 1. The third-order valence-electron chi connectivity index (χ3n) is 4.05. The highest BCUT2D eigenvalue weighted by molar-refractivity contribution is 9.10. The van der Waals surface area contributed by atoms with Crippen LogP contribution in [0.15, 0.2) is 59.3 Å². The third-order valence-corrected chi connectivity index (χ3v) is 4.55. The molecule has 6 heteroatoms. The van der Waals surface area contributed by atoms with Crippen LogP contribution in [-0.2, 0) is 4.79 Å². The van der Waals surface area contributed by atoms with Gasteiger partial charge in [0.15, 0.2) is 0 Å². The summed E-state index contributed by atoms with van der Waals surface area (Å²) in [6.45, 7) is 2.13. The number of pyridine rings is 1. The number of halogens is 1. The van der Waals surface area contributed by atoms with E-state index in [9.17, 15) is 9.59 Å². The second kappa shape index (κ2) is 8.07. The smallest absolute Gasteiger partial charge is 0.255 e. The number of hydrogen-bond donors (Lipinski definition) is 0. The highest BCUT2D eigenvalue weighted by atomic mass is 79.9. The number of benzene rings is 1. The lowest BCUT2D eigenvalue weighted by atomic mass is 10.2. The van der Waals surface area contributed by atoms with E-state index in [1.165, 1.54) is 0 Å². The molecule has 0 spiro atoms. The zero-order valence-corrected chi connectivity index (χ0v) is 15.2. The lowest BCUT2D eigenvalue weighted by molar-refractivity contribution is -0.127. The Labute approximate surface area is 155 Å². The van der Waals surface area contributed by atoms with E-state index in [2.05, 4.69) is 20.9 Å². The molecular weight excluding hydrogens is 382 g/mol. The van der Waals surface area contributed by atoms with Gasteiger partial charge in [0.1, 0.15) is 0 Å². The van der Waals surface area contributed by atoms with Crippen LogP contribution >= 0.6 is 15.9 Å². The standard InChI is InChI=1S/C19H18BrN3O2/c20-17-5-1-3-15(13-17)6-7-18(24)22-9-11-23(12-10-22)19(25)16-4-2-8-21-14-16/h1-8,13-14H,9-12H2/b7-6+. The molecule has 1 aromatic heterocycles. The van der Waals surface area contributed by atoms with Gasteiger partial charge in [-0.3, -0.25) is 14.6 Å². The Kier molecular flexibility index (Phi) is 5.60. The summed E-state index contributed by atoms with van der Waals surface area (Å²) >= 11 is 3.41. The highest BCUT2D eigenvalue weighted by Crippen LogP contribution is 2.13. The fourth-order valence-electron chi connectivity index (χ4n) is 2.68. The normalized spacial score (nSPS) is 14.8. The maximum atomic E-state index is 12.4. The summed E-state index contributed by atoms with van der Waals surface area (Å²) in [6, 6.07) is 11.3. The van der Waals surface area contributed by atoms with Crippen LogP contribution in [0.2, 0.25) is 0 Å². The monoisotopic (exact) mass is 399 g/mol. The molecule has 25 heavy (non-hydrogen) atoms. The van der Waals surface area contributed by atoms with Crippen LogP contribution in [0.25, 0.3) is 6.08 Å². The Balaban J connectivity index is 1.55. The van der Waals surface area contributed by atoms with E-state index in [0.29, 0.717) is 31.7 Å². The van der Waals surface area contributed by atoms with Gasteiger partial charge in [0, 0.05) is 49.1 Å². The number of carbonyl (C=O) groups excluding carboxylic acids is 2. The first-order chi connectivity index (χ1) is 12.1. The van der Waals surface area contributed by atoms with Gasteiger partial charge < -0.3 is 9.80 Å². The van der Waals surface area contributed by atoms with Crippen LogP contribution in [0.3, 0.4) is 0 Å². The van der Waals surface area contributed by atoms with Crippen LogP contribution < -0.4 is 0 Å². The molecule has 2 aromatic rings. The maximum Gasteiger partial charge on any atom is 0.255 e. The van der Waals surface area contributed by atoms with Gasteiger partial charge in [-0.25, -0.2) is 0 Å². The van der Waals surface area contributed by atoms with Crippen LogP contribution in [0.1, 0.15) is 15.9 Å². The summed E-state index contributed by atoms with van der Waals surface area (Å²) in [5.41, 5.74) is 1.55. The molecule has 0 N–H and O–H groups in total. The average molecular weight is 400 g/mol. The van der Waals surface area contributed by atoms with E-state index in [-0.39, 0.29) is 11.8 Å². The minimum Gasteiger partial charge on any atom is -0.336 e. The van der Waals surface area contributed by atoms with Crippen molar-refractivity contribution in [1.29, 1.82) is 0 Å². The fraction of sp³-hybridized carbons (Fsp3) is 0.211. The molecule has 0 bridgehead atoms. The van der Waals surface area contributed by atoms with E-state index in [0.717, 1.165) is 10.0 Å². The van der Waals surface area contributed by atoms with E-state index < -0.39 is 0 Å². The number of carbonyl (C=O) groups is 2. The lowest BCUT2D eigenvalue weighted by Gasteiger charge is -2.34. The summed E-state index contributed by atoms with van der Waals surface area (Å²) in [4.78, 5) is 32.2. The third kappa shape index (κ3) is 4.54. The molecule has 0 aliphatic carbocycles. The van der Waals surface area contributed by atoms with Gasteiger partial charge >= 0.3 is 0 Å². The zero-order valence-electron chi connectivity index (χ0n) is 13.6. The van der Waals surface area contributed by atoms with Crippen molar-refractivity contribution in [3.8, 4) is 0 Å². The first-order valence-electron chi connectivity index (χ1n) is 8.05. The minimum atomic E-state index is -0.0372.